The minimum Gasteiger partial charge on any atom is -0.355 e. The van der Waals surface area contributed by atoms with Crippen molar-refractivity contribution < 1.29 is 4.79 Å². The van der Waals surface area contributed by atoms with Crippen molar-refractivity contribution >= 4 is 17.2 Å². The molecule has 0 atom stereocenters. The lowest BCUT2D eigenvalue weighted by atomic mass is 9.93. The third kappa shape index (κ3) is 3.64. The van der Waals surface area contributed by atoms with E-state index in [1.54, 1.807) is 11.3 Å². The summed E-state index contributed by atoms with van der Waals surface area (Å²) in [6, 6.07) is 2.07. The number of carbonyl (C=O) groups excluding carboxylic acids is 1. The molecule has 1 rings (SSSR count). The maximum absolute atomic E-state index is 11.6. The van der Waals surface area contributed by atoms with Crippen molar-refractivity contribution in [3.05, 3.63) is 22.4 Å². The fraction of sp³-hybridized carbons (Fsp3) is 0.545. The van der Waals surface area contributed by atoms with Crippen LogP contribution in [0.3, 0.4) is 0 Å². The van der Waals surface area contributed by atoms with Crippen molar-refractivity contribution in [1.82, 2.24) is 5.32 Å². The van der Waals surface area contributed by atoms with Crippen LogP contribution in [0.2, 0.25) is 0 Å². The zero-order valence-corrected chi connectivity index (χ0v) is 10.1. The Labute approximate surface area is 94.7 Å². The minimum absolute atomic E-state index is 0.0280. The predicted molar refractivity (Wildman–Crippen MR) is 63.9 cm³/mol. The van der Waals surface area contributed by atoms with E-state index in [2.05, 4.69) is 16.8 Å². The molecule has 4 heteroatoms. The highest BCUT2D eigenvalue weighted by Gasteiger charge is 2.24. The second kappa shape index (κ2) is 5.28. The molecule has 1 aromatic heterocycles. The summed E-state index contributed by atoms with van der Waals surface area (Å²) >= 11 is 1.68. The van der Waals surface area contributed by atoms with Gasteiger partial charge in [-0.1, -0.05) is 0 Å². The van der Waals surface area contributed by atoms with Crippen LogP contribution in [0, 0.1) is 5.41 Å². The normalized spacial score (nSPS) is 11.4. The molecule has 0 unspecified atom stereocenters. The summed E-state index contributed by atoms with van der Waals surface area (Å²) in [5.41, 5.74) is 6.32. The van der Waals surface area contributed by atoms with Crippen LogP contribution in [-0.2, 0) is 11.2 Å². The maximum Gasteiger partial charge on any atom is 0.226 e. The highest BCUT2D eigenvalue weighted by Crippen LogP contribution is 2.12. The van der Waals surface area contributed by atoms with Gasteiger partial charge in [-0.3, -0.25) is 4.79 Å². The van der Waals surface area contributed by atoms with Gasteiger partial charge in [0.25, 0.3) is 0 Å². The van der Waals surface area contributed by atoms with E-state index in [4.69, 9.17) is 5.73 Å². The Balaban J connectivity index is 2.29. The summed E-state index contributed by atoms with van der Waals surface area (Å²) in [6.07, 6.45) is 0.885. The molecule has 0 radical (unpaired) electrons. The van der Waals surface area contributed by atoms with E-state index in [0.29, 0.717) is 13.1 Å². The van der Waals surface area contributed by atoms with Crippen molar-refractivity contribution in [2.75, 3.05) is 13.1 Å². The van der Waals surface area contributed by atoms with Gasteiger partial charge < -0.3 is 11.1 Å². The largest absolute Gasteiger partial charge is 0.355 e. The summed E-state index contributed by atoms with van der Waals surface area (Å²) in [6.45, 7) is 4.76. The Kier molecular flexibility index (Phi) is 4.29. The van der Waals surface area contributed by atoms with Crippen LogP contribution in [0.5, 0.6) is 0 Å². The minimum atomic E-state index is -0.464. The molecular weight excluding hydrogens is 208 g/mol. The summed E-state index contributed by atoms with van der Waals surface area (Å²) in [5, 5.41) is 7.04. The van der Waals surface area contributed by atoms with E-state index >= 15 is 0 Å². The first-order valence-corrected chi connectivity index (χ1v) is 6.00. The quantitative estimate of drug-likeness (QED) is 0.797. The van der Waals surface area contributed by atoms with Crippen molar-refractivity contribution in [2.24, 2.45) is 11.1 Å². The molecule has 0 spiro atoms. The van der Waals surface area contributed by atoms with Gasteiger partial charge in [-0.25, -0.2) is 0 Å². The Morgan fingerprint density at radius 2 is 2.33 bits per heavy atom. The number of hydrogen-bond acceptors (Lipinski definition) is 3. The van der Waals surface area contributed by atoms with Crippen molar-refractivity contribution in [3.63, 3.8) is 0 Å². The SMILES string of the molecule is CC(C)(CN)C(=O)NCCc1ccsc1. The topological polar surface area (TPSA) is 55.1 Å². The number of hydrogen-bond donors (Lipinski definition) is 2. The standard InChI is InChI=1S/C11H18N2OS/c1-11(2,8-12)10(14)13-5-3-9-4-6-15-7-9/h4,6-7H,3,5,8,12H2,1-2H3,(H,13,14). The number of rotatable bonds is 5. The molecule has 3 N–H and O–H groups in total. The highest BCUT2D eigenvalue weighted by atomic mass is 32.1. The molecule has 0 aliphatic rings. The number of thiophene rings is 1. The van der Waals surface area contributed by atoms with E-state index in [-0.39, 0.29) is 5.91 Å². The number of nitrogens with two attached hydrogens (primary N) is 1. The smallest absolute Gasteiger partial charge is 0.226 e. The number of carbonyl (C=O) groups is 1. The molecule has 15 heavy (non-hydrogen) atoms. The molecule has 0 saturated carbocycles. The van der Waals surface area contributed by atoms with Gasteiger partial charge in [0.2, 0.25) is 5.91 Å². The maximum atomic E-state index is 11.6. The highest BCUT2D eigenvalue weighted by molar-refractivity contribution is 7.07. The van der Waals surface area contributed by atoms with Crippen LogP contribution in [0.1, 0.15) is 19.4 Å². The van der Waals surface area contributed by atoms with Crippen LogP contribution in [0.4, 0.5) is 0 Å². The lowest BCUT2D eigenvalue weighted by Crippen LogP contribution is -2.42. The van der Waals surface area contributed by atoms with Crippen LogP contribution in [0.15, 0.2) is 16.8 Å². The van der Waals surface area contributed by atoms with Crippen LogP contribution in [-0.4, -0.2) is 19.0 Å². The number of nitrogens with one attached hydrogen (secondary N) is 1. The van der Waals surface area contributed by atoms with Crippen LogP contribution in [0.25, 0.3) is 0 Å². The fourth-order valence-electron chi connectivity index (χ4n) is 1.09. The Hall–Kier alpha value is -0.870. The van der Waals surface area contributed by atoms with Crippen LogP contribution >= 0.6 is 11.3 Å². The van der Waals surface area contributed by atoms with Crippen molar-refractivity contribution in [3.8, 4) is 0 Å². The van der Waals surface area contributed by atoms with E-state index < -0.39 is 5.41 Å². The molecule has 84 valence electrons. The first kappa shape index (κ1) is 12.2. The third-order valence-electron chi connectivity index (χ3n) is 2.40. The van der Waals surface area contributed by atoms with Gasteiger partial charge >= 0.3 is 0 Å². The second-order valence-corrected chi connectivity index (χ2v) is 5.01. The van der Waals surface area contributed by atoms with Gasteiger partial charge in [0.1, 0.15) is 0 Å². The second-order valence-electron chi connectivity index (χ2n) is 4.23. The summed E-state index contributed by atoms with van der Waals surface area (Å²) < 4.78 is 0. The van der Waals surface area contributed by atoms with Gasteiger partial charge in [-0.15, -0.1) is 0 Å². The monoisotopic (exact) mass is 226 g/mol. The van der Waals surface area contributed by atoms with E-state index in [1.165, 1.54) is 5.56 Å². The molecule has 3 nitrogen and oxygen atoms in total. The van der Waals surface area contributed by atoms with Gasteiger partial charge in [-0.2, -0.15) is 11.3 Å². The third-order valence-corrected chi connectivity index (χ3v) is 3.14. The zero-order valence-electron chi connectivity index (χ0n) is 9.25. The summed E-state index contributed by atoms with van der Waals surface area (Å²) in [7, 11) is 0. The Bertz CT molecular complexity index is 306. The Morgan fingerprint density at radius 3 is 2.87 bits per heavy atom. The molecule has 0 aliphatic heterocycles. The van der Waals surface area contributed by atoms with Gasteiger partial charge in [-0.05, 0) is 42.7 Å². The number of amides is 1. The molecule has 1 amide bonds. The molecule has 0 aromatic carbocycles. The molecule has 1 aromatic rings. The molecular formula is C11H18N2OS. The lowest BCUT2D eigenvalue weighted by Gasteiger charge is -2.21. The predicted octanol–water partition coefficient (Wildman–Crippen LogP) is 1.39. The molecule has 0 bridgehead atoms. The zero-order chi connectivity index (χ0) is 11.3. The summed E-state index contributed by atoms with van der Waals surface area (Å²) in [5.74, 6) is 0.0280. The van der Waals surface area contributed by atoms with Crippen molar-refractivity contribution in [1.29, 1.82) is 0 Å². The molecule has 0 fully saturated rings. The van der Waals surface area contributed by atoms with Crippen molar-refractivity contribution in [2.45, 2.75) is 20.3 Å². The van der Waals surface area contributed by atoms with Gasteiger partial charge in [0.05, 0.1) is 5.41 Å². The Morgan fingerprint density at radius 1 is 1.60 bits per heavy atom. The first-order chi connectivity index (χ1) is 7.06. The summed E-state index contributed by atoms with van der Waals surface area (Å²) in [4.78, 5) is 11.6. The molecule has 1 heterocycles. The molecule has 0 saturated heterocycles. The van der Waals surface area contributed by atoms with E-state index in [9.17, 15) is 4.79 Å². The van der Waals surface area contributed by atoms with Gasteiger partial charge in [0.15, 0.2) is 0 Å². The van der Waals surface area contributed by atoms with Gasteiger partial charge in [0, 0.05) is 13.1 Å². The van der Waals surface area contributed by atoms with E-state index in [0.717, 1.165) is 6.42 Å². The van der Waals surface area contributed by atoms with E-state index in [1.807, 2.05) is 19.2 Å². The first-order valence-electron chi connectivity index (χ1n) is 5.06. The fourth-order valence-corrected chi connectivity index (χ4v) is 1.79. The van der Waals surface area contributed by atoms with Crippen LogP contribution < -0.4 is 11.1 Å². The molecule has 0 aliphatic carbocycles. The average molecular weight is 226 g/mol. The average Bonchev–Trinajstić information content (AvgIpc) is 2.70. The lowest BCUT2D eigenvalue weighted by molar-refractivity contribution is -0.128.